The predicted octanol–water partition coefficient (Wildman–Crippen LogP) is 1.23. The van der Waals surface area contributed by atoms with E-state index in [4.69, 9.17) is 28.7 Å². The van der Waals surface area contributed by atoms with Crippen LogP contribution in [0.1, 0.15) is 26.7 Å². The standard InChI is InChI=1S/C21H30O8P2/c1-3-21(4-2,28-17-9-5-7-11-19(17)30(24)26-15-13-22)29-18-10-6-8-12-20(18)31(25)27-16-14-23/h5-12,17-18,22-23H,3-4,13-16H2,1-2H3. The molecule has 0 spiro atoms. The molecule has 0 fully saturated rings. The highest BCUT2D eigenvalue weighted by molar-refractivity contribution is 7.47. The van der Waals surface area contributed by atoms with Crippen molar-refractivity contribution in [3.63, 3.8) is 0 Å². The van der Waals surface area contributed by atoms with Crippen LogP contribution in [-0.2, 0) is 18.5 Å². The van der Waals surface area contributed by atoms with Crippen LogP contribution in [0, 0.1) is 0 Å². The first kappa shape index (κ1) is 26.2. The summed E-state index contributed by atoms with van der Waals surface area (Å²) in [5.74, 6) is -1.06. The van der Waals surface area contributed by atoms with Crippen LogP contribution in [0.15, 0.2) is 48.6 Å². The van der Waals surface area contributed by atoms with Crippen molar-refractivity contribution in [2.75, 3.05) is 26.4 Å². The summed E-state index contributed by atoms with van der Waals surface area (Å²) in [4.78, 5) is 25.1. The maximum atomic E-state index is 12.5. The highest BCUT2D eigenvalue weighted by Crippen LogP contribution is 2.33. The maximum absolute atomic E-state index is 12.5. The van der Waals surface area contributed by atoms with Crippen molar-refractivity contribution >= 4 is 26.6 Å². The van der Waals surface area contributed by atoms with Crippen molar-refractivity contribution in [3.8, 4) is 0 Å². The summed E-state index contributed by atoms with van der Waals surface area (Å²) >= 11 is 0. The van der Waals surface area contributed by atoms with E-state index in [1.807, 2.05) is 13.8 Å². The SMILES string of the molecule is CCC(CC)(OC1C=CC=CC1=[P+]([O-])OCCO)OC1C=CC=CC1=[P+]([O-])OCCO. The molecule has 0 bridgehead atoms. The Kier molecular flexibility index (Phi) is 11.4. The van der Waals surface area contributed by atoms with Crippen LogP contribution in [0.3, 0.4) is 0 Å². The van der Waals surface area contributed by atoms with Gasteiger partial charge in [0.15, 0.2) is 16.4 Å². The van der Waals surface area contributed by atoms with Gasteiger partial charge in [-0.15, -0.1) is 0 Å². The Hall–Kier alpha value is -1.02. The van der Waals surface area contributed by atoms with Crippen LogP contribution >= 0.6 is 16.0 Å². The van der Waals surface area contributed by atoms with Gasteiger partial charge in [0.25, 0.3) is 0 Å². The third-order valence-corrected chi connectivity index (χ3v) is 7.18. The lowest BCUT2D eigenvalue weighted by molar-refractivity contribution is -0.248. The largest absolute Gasteiger partial charge is 0.603 e. The van der Waals surface area contributed by atoms with Crippen molar-refractivity contribution in [2.45, 2.75) is 44.7 Å². The first-order valence-corrected chi connectivity index (χ1v) is 12.6. The molecular formula is C21H30O8P2. The number of ether oxygens (including phenoxy) is 2. The Morgan fingerprint density at radius 3 is 1.58 bits per heavy atom. The molecule has 2 rings (SSSR count). The molecule has 0 aromatic heterocycles. The minimum Gasteiger partial charge on any atom is -0.603 e. The molecule has 0 amide bonds. The van der Waals surface area contributed by atoms with Gasteiger partial charge in [-0.05, 0) is 37.1 Å². The Bertz CT molecular complexity index is 705. The number of aliphatic hydroxyl groups excluding tert-OH is 2. The summed E-state index contributed by atoms with van der Waals surface area (Å²) in [6.45, 7) is 3.30. The van der Waals surface area contributed by atoms with Gasteiger partial charge in [0.2, 0.25) is 16.0 Å². The van der Waals surface area contributed by atoms with Gasteiger partial charge in [-0.3, -0.25) is 0 Å². The van der Waals surface area contributed by atoms with E-state index >= 15 is 0 Å². The van der Waals surface area contributed by atoms with Gasteiger partial charge in [-0.25, -0.2) is 0 Å². The van der Waals surface area contributed by atoms with Crippen molar-refractivity contribution in [3.05, 3.63) is 48.6 Å². The molecule has 4 atom stereocenters. The molecule has 172 valence electrons. The second kappa shape index (κ2) is 13.5. The predicted molar refractivity (Wildman–Crippen MR) is 120 cm³/mol. The van der Waals surface area contributed by atoms with Crippen molar-refractivity contribution in [1.29, 1.82) is 0 Å². The van der Waals surface area contributed by atoms with Gasteiger partial charge >= 0.3 is 0 Å². The molecule has 2 aliphatic carbocycles. The van der Waals surface area contributed by atoms with Crippen molar-refractivity contribution in [1.82, 2.24) is 0 Å². The van der Waals surface area contributed by atoms with E-state index in [1.165, 1.54) is 0 Å². The summed E-state index contributed by atoms with van der Waals surface area (Å²) in [5, 5.41) is 18.8. The van der Waals surface area contributed by atoms with Gasteiger partial charge in [-0.1, -0.05) is 38.2 Å². The first-order chi connectivity index (χ1) is 15.0. The molecule has 0 radical (unpaired) electrons. The summed E-state index contributed by atoms with van der Waals surface area (Å²) in [7, 11) is -4.37. The summed E-state index contributed by atoms with van der Waals surface area (Å²) in [6, 6.07) is 0. The van der Waals surface area contributed by atoms with Gasteiger partial charge in [0, 0.05) is 0 Å². The zero-order valence-corrected chi connectivity index (χ0v) is 19.5. The van der Waals surface area contributed by atoms with Crippen LogP contribution in [0.2, 0.25) is 0 Å². The third-order valence-electron chi connectivity index (χ3n) is 4.69. The zero-order valence-electron chi connectivity index (χ0n) is 17.8. The fourth-order valence-electron chi connectivity index (χ4n) is 3.02. The normalized spacial score (nSPS) is 24.1. The third kappa shape index (κ3) is 7.52. The minimum atomic E-state index is -2.19. The molecule has 8 nitrogen and oxygen atoms in total. The zero-order chi connectivity index (χ0) is 22.7. The number of rotatable bonds is 12. The molecule has 10 heteroatoms. The van der Waals surface area contributed by atoms with E-state index < -0.39 is 34.0 Å². The average molecular weight is 472 g/mol. The molecule has 0 aromatic rings. The highest BCUT2D eigenvalue weighted by Gasteiger charge is 2.39. The molecule has 0 saturated heterocycles. The van der Waals surface area contributed by atoms with Crippen LogP contribution in [0.4, 0.5) is 0 Å². The van der Waals surface area contributed by atoms with Gasteiger partial charge in [0.1, 0.15) is 25.4 Å². The van der Waals surface area contributed by atoms with Crippen LogP contribution in [0.5, 0.6) is 0 Å². The molecule has 0 aliphatic heterocycles. The van der Waals surface area contributed by atoms with Gasteiger partial charge < -0.3 is 29.5 Å². The lowest BCUT2D eigenvalue weighted by Crippen LogP contribution is -2.45. The van der Waals surface area contributed by atoms with E-state index in [0.29, 0.717) is 23.4 Å². The lowest BCUT2D eigenvalue weighted by atomic mass is 10.1. The van der Waals surface area contributed by atoms with Crippen molar-refractivity contribution in [2.24, 2.45) is 0 Å². The second-order valence-corrected chi connectivity index (χ2v) is 9.24. The Morgan fingerprint density at radius 1 is 0.806 bits per heavy atom. The summed E-state index contributed by atoms with van der Waals surface area (Å²) in [5.41, 5.74) is 0. The summed E-state index contributed by atoms with van der Waals surface area (Å²) in [6.07, 6.45) is 13.6. The van der Waals surface area contributed by atoms with Crippen LogP contribution in [0.25, 0.3) is 0 Å². The summed E-state index contributed by atoms with van der Waals surface area (Å²) < 4.78 is 23.1. The maximum Gasteiger partial charge on any atom is 0.227 e. The Morgan fingerprint density at radius 2 is 1.23 bits per heavy atom. The second-order valence-electron chi connectivity index (χ2n) is 6.66. The fourth-order valence-corrected chi connectivity index (χ4v) is 4.93. The lowest BCUT2D eigenvalue weighted by Gasteiger charge is -2.37. The monoisotopic (exact) mass is 472 g/mol. The van der Waals surface area contributed by atoms with Crippen LogP contribution < -0.4 is 9.79 Å². The molecule has 2 aliphatic rings. The molecular weight excluding hydrogens is 442 g/mol. The fraction of sp³-hybridized carbons (Fsp3) is 0.524. The molecule has 2 N–H and O–H groups in total. The van der Waals surface area contributed by atoms with E-state index in [1.54, 1.807) is 48.6 Å². The van der Waals surface area contributed by atoms with Gasteiger partial charge in [0.05, 0.1) is 13.2 Å². The van der Waals surface area contributed by atoms with Crippen molar-refractivity contribution < 1.29 is 38.5 Å². The van der Waals surface area contributed by atoms with E-state index in [9.17, 15) is 9.79 Å². The molecule has 0 heterocycles. The number of aliphatic hydroxyl groups is 2. The number of hydrogen-bond acceptors (Lipinski definition) is 8. The quantitative estimate of drug-likeness (QED) is 0.321. The average Bonchev–Trinajstić information content (AvgIpc) is 2.81. The van der Waals surface area contributed by atoms with Gasteiger partial charge in [-0.2, -0.15) is 9.05 Å². The topological polar surface area (TPSA) is 124 Å². The molecule has 0 saturated carbocycles. The molecule has 0 aromatic carbocycles. The Balaban J connectivity index is 2.26. The number of allylic oxidation sites excluding steroid dienone is 4. The van der Waals surface area contributed by atoms with Crippen LogP contribution in [-0.4, -0.2) is 65.2 Å². The minimum absolute atomic E-state index is 0.0371. The molecule has 31 heavy (non-hydrogen) atoms. The smallest absolute Gasteiger partial charge is 0.227 e. The van der Waals surface area contributed by atoms with E-state index in [2.05, 4.69) is 0 Å². The first-order valence-electron chi connectivity index (χ1n) is 10.2. The number of hydrogen-bond donors (Lipinski definition) is 2. The molecule has 4 unspecified atom stereocenters. The Labute approximate surface area is 185 Å². The highest BCUT2D eigenvalue weighted by atomic mass is 31.1. The van der Waals surface area contributed by atoms with E-state index in [-0.39, 0.29) is 26.4 Å². The van der Waals surface area contributed by atoms with E-state index in [0.717, 1.165) is 0 Å².